The minimum absolute atomic E-state index is 0.0639. The van der Waals surface area contributed by atoms with Gasteiger partial charge in [0.1, 0.15) is 5.69 Å². The Morgan fingerprint density at radius 1 is 1.22 bits per heavy atom. The van der Waals surface area contributed by atoms with Crippen LogP contribution in [0, 0.1) is 10.1 Å². The molecule has 0 saturated heterocycles. The number of H-pyrrole nitrogens is 1. The van der Waals surface area contributed by atoms with Gasteiger partial charge in [0.2, 0.25) is 0 Å². The highest BCUT2D eigenvalue weighted by Crippen LogP contribution is 2.22. The number of nitrogens with zero attached hydrogens (tertiary/aromatic N) is 3. The van der Waals surface area contributed by atoms with E-state index < -0.39 is 10.8 Å². The van der Waals surface area contributed by atoms with Gasteiger partial charge in [-0.15, -0.1) is 0 Å². The summed E-state index contributed by atoms with van der Waals surface area (Å²) in [4.78, 5) is 22.5. The molecular weight excluding hydrogens is 393 g/mol. The SMILES string of the molecule is O=C(NN=Cc1ccc(Cl)cc1Cl)c1cc(-c2cccc([N+](=O)[O-])c2)n[nH]1. The van der Waals surface area contributed by atoms with Crippen molar-refractivity contribution in [2.45, 2.75) is 0 Å². The van der Waals surface area contributed by atoms with E-state index in [4.69, 9.17) is 23.2 Å². The van der Waals surface area contributed by atoms with Crippen molar-refractivity contribution in [3.05, 3.63) is 79.9 Å². The van der Waals surface area contributed by atoms with Gasteiger partial charge in [0.15, 0.2) is 0 Å². The van der Waals surface area contributed by atoms with Crippen molar-refractivity contribution in [2.75, 3.05) is 0 Å². The van der Waals surface area contributed by atoms with Gasteiger partial charge in [-0.2, -0.15) is 10.2 Å². The minimum Gasteiger partial charge on any atom is -0.272 e. The van der Waals surface area contributed by atoms with Gasteiger partial charge in [-0.3, -0.25) is 20.0 Å². The Morgan fingerprint density at radius 2 is 2.04 bits per heavy atom. The van der Waals surface area contributed by atoms with E-state index in [2.05, 4.69) is 20.7 Å². The monoisotopic (exact) mass is 403 g/mol. The molecule has 2 N–H and O–H groups in total. The number of nitrogens with one attached hydrogen (secondary N) is 2. The fraction of sp³-hybridized carbons (Fsp3) is 0. The Hall–Kier alpha value is -3.23. The number of aromatic amines is 1. The van der Waals surface area contributed by atoms with E-state index in [1.54, 1.807) is 30.3 Å². The van der Waals surface area contributed by atoms with E-state index in [0.29, 0.717) is 26.9 Å². The molecule has 10 heteroatoms. The number of nitro groups is 1. The van der Waals surface area contributed by atoms with E-state index >= 15 is 0 Å². The second-order valence-electron chi connectivity index (χ2n) is 5.34. The van der Waals surface area contributed by atoms with Gasteiger partial charge >= 0.3 is 0 Å². The molecule has 136 valence electrons. The molecule has 3 aromatic rings. The Morgan fingerprint density at radius 3 is 2.78 bits per heavy atom. The van der Waals surface area contributed by atoms with Crippen LogP contribution in [0.25, 0.3) is 11.3 Å². The van der Waals surface area contributed by atoms with Crippen molar-refractivity contribution < 1.29 is 9.72 Å². The number of hydrazone groups is 1. The predicted octanol–water partition coefficient (Wildman–Crippen LogP) is 4.06. The maximum absolute atomic E-state index is 12.1. The van der Waals surface area contributed by atoms with Crippen LogP contribution in [0.1, 0.15) is 16.1 Å². The van der Waals surface area contributed by atoms with Gasteiger partial charge in [0.05, 0.1) is 21.9 Å². The molecule has 8 nitrogen and oxygen atoms in total. The average Bonchev–Trinajstić information content (AvgIpc) is 3.14. The second-order valence-corrected chi connectivity index (χ2v) is 6.18. The minimum atomic E-state index is -0.527. The summed E-state index contributed by atoms with van der Waals surface area (Å²) < 4.78 is 0. The molecule has 0 radical (unpaired) electrons. The van der Waals surface area contributed by atoms with Gasteiger partial charge in [-0.25, -0.2) is 5.43 Å². The first-order valence-electron chi connectivity index (χ1n) is 7.53. The number of nitro benzene ring substituents is 1. The van der Waals surface area contributed by atoms with Crippen LogP contribution < -0.4 is 5.43 Å². The molecule has 3 rings (SSSR count). The Kier molecular flexibility index (Phi) is 5.49. The molecule has 0 saturated carbocycles. The van der Waals surface area contributed by atoms with Crippen molar-refractivity contribution in [1.29, 1.82) is 0 Å². The van der Waals surface area contributed by atoms with Crippen LogP contribution in [0.2, 0.25) is 10.0 Å². The van der Waals surface area contributed by atoms with E-state index in [-0.39, 0.29) is 11.4 Å². The first kappa shape index (κ1) is 18.6. The number of carbonyl (C=O) groups is 1. The fourth-order valence-corrected chi connectivity index (χ4v) is 2.65. The van der Waals surface area contributed by atoms with Crippen LogP contribution in [-0.4, -0.2) is 27.2 Å². The van der Waals surface area contributed by atoms with E-state index in [0.717, 1.165) is 0 Å². The molecule has 1 aromatic heterocycles. The highest BCUT2D eigenvalue weighted by atomic mass is 35.5. The highest BCUT2D eigenvalue weighted by molar-refractivity contribution is 6.36. The summed E-state index contributed by atoms with van der Waals surface area (Å²) in [5.74, 6) is -0.527. The number of amides is 1. The smallest absolute Gasteiger partial charge is 0.272 e. The first-order valence-corrected chi connectivity index (χ1v) is 8.28. The lowest BCUT2D eigenvalue weighted by Crippen LogP contribution is -2.18. The van der Waals surface area contributed by atoms with E-state index in [9.17, 15) is 14.9 Å². The van der Waals surface area contributed by atoms with Crippen molar-refractivity contribution in [1.82, 2.24) is 15.6 Å². The Balaban J connectivity index is 1.71. The highest BCUT2D eigenvalue weighted by Gasteiger charge is 2.13. The number of carbonyl (C=O) groups excluding carboxylic acids is 1. The Bertz CT molecular complexity index is 1050. The Labute approximate surface area is 163 Å². The van der Waals surface area contributed by atoms with Gasteiger partial charge in [-0.05, 0) is 18.2 Å². The number of halogens is 2. The molecule has 0 spiro atoms. The zero-order valence-electron chi connectivity index (χ0n) is 13.5. The number of hydrogen-bond acceptors (Lipinski definition) is 5. The molecule has 1 amide bonds. The lowest BCUT2D eigenvalue weighted by molar-refractivity contribution is -0.384. The van der Waals surface area contributed by atoms with Crippen LogP contribution in [0.5, 0.6) is 0 Å². The van der Waals surface area contributed by atoms with Crippen LogP contribution in [0.3, 0.4) is 0 Å². The normalized spacial score (nSPS) is 10.9. The molecule has 0 fully saturated rings. The predicted molar refractivity (Wildman–Crippen MR) is 102 cm³/mol. The van der Waals surface area contributed by atoms with Crippen molar-refractivity contribution in [3.8, 4) is 11.3 Å². The number of hydrogen-bond donors (Lipinski definition) is 2. The number of aromatic nitrogens is 2. The molecule has 0 aliphatic carbocycles. The molecular formula is C17H11Cl2N5O3. The standard InChI is InChI=1S/C17H11Cl2N5O3/c18-12-5-4-11(14(19)7-12)9-20-23-17(25)16-8-15(21-22-16)10-2-1-3-13(6-10)24(26)27/h1-9H,(H,21,22)(H,23,25). The van der Waals surface area contributed by atoms with Crippen molar-refractivity contribution >= 4 is 41.0 Å². The van der Waals surface area contributed by atoms with Gasteiger partial charge in [0.25, 0.3) is 11.6 Å². The first-order chi connectivity index (χ1) is 12.9. The fourth-order valence-electron chi connectivity index (χ4n) is 2.19. The summed E-state index contributed by atoms with van der Waals surface area (Å²) in [5.41, 5.74) is 3.92. The number of non-ortho nitro benzene ring substituents is 1. The van der Waals surface area contributed by atoms with Gasteiger partial charge < -0.3 is 0 Å². The summed E-state index contributed by atoms with van der Waals surface area (Å²) in [5, 5.41) is 22.2. The second kappa shape index (κ2) is 7.98. The molecule has 0 unspecified atom stereocenters. The molecule has 0 aliphatic rings. The molecule has 2 aromatic carbocycles. The zero-order valence-corrected chi connectivity index (χ0v) is 15.0. The maximum Gasteiger partial charge on any atom is 0.289 e. The van der Waals surface area contributed by atoms with Gasteiger partial charge in [-0.1, -0.05) is 41.4 Å². The van der Waals surface area contributed by atoms with Crippen LogP contribution in [0.15, 0.2) is 53.6 Å². The molecule has 27 heavy (non-hydrogen) atoms. The third kappa shape index (κ3) is 4.49. The van der Waals surface area contributed by atoms with Gasteiger partial charge in [0, 0.05) is 28.3 Å². The summed E-state index contributed by atoms with van der Waals surface area (Å²) in [6.07, 6.45) is 1.38. The molecule has 0 atom stereocenters. The van der Waals surface area contributed by atoms with Crippen molar-refractivity contribution in [2.24, 2.45) is 5.10 Å². The number of benzene rings is 2. The van der Waals surface area contributed by atoms with Crippen LogP contribution in [0.4, 0.5) is 5.69 Å². The quantitative estimate of drug-likeness (QED) is 0.379. The van der Waals surface area contributed by atoms with E-state index in [1.165, 1.54) is 24.4 Å². The lowest BCUT2D eigenvalue weighted by atomic mass is 10.1. The lowest BCUT2D eigenvalue weighted by Gasteiger charge is -1.99. The zero-order chi connectivity index (χ0) is 19.4. The largest absolute Gasteiger partial charge is 0.289 e. The molecule has 0 bridgehead atoms. The van der Waals surface area contributed by atoms with Crippen LogP contribution in [-0.2, 0) is 0 Å². The molecule has 0 aliphatic heterocycles. The van der Waals surface area contributed by atoms with Crippen molar-refractivity contribution in [3.63, 3.8) is 0 Å². The maximum atomic E-state index is 12.1. The number of rotatable bonds is 5. The summed E-state index contributed by atoms with van der Waals surface area (Å²) in [6, 6.07) is 12.3. The average molecular weight is 404 g/mol. The third-order valence-electron chi connectivity index (χ3n) is 3.51. The van der Waals surface area contributed by atoms with E-state index in [1.807, 2.05) is 0 Å². The summed E-state index contributed by atoms with van der Waals surface area (Å²) in [6.45, 7) is 0. The summed E-state index contributed by atoms with van der Waals surface area (Å²) in [7, 11) is 0. The summed E-state index contributed by atoms with van der Waals surface area (Å²) >= 11 is 11.8. The third-order valence-corrected chi connectivity index (χ3v) is 4.07. The van der Waals surface area contributed by atoms with Crippen LogP contribution >= 0.6 is 23.2 Å². The molecule has 1 heterocycles. The topological polar surface area (TPSA) is 113 Å².